The van der Waals surface area contributed by atoms with Gasteiger partial charge in [-0.25, -0.2) is 0 Å². The molecule has 0 fully saturated rings. The number of para-hydroxylation sites is 1. The molecule has 0 amide bonds. The second kappa shape index (κ2) is 10.1. The average molecular weight is 497 g/mol. The van der Waals surface area contributed by atoms with Crippen molar-refractivity contribution in [1.29, 1.82) is 0 Å². The van der Waals surface area contributed by atoms with Gasteiger partial charge in [0.25, 0.3) is 0 Å². The van der Waals surface area contributed by atoms with Crippen LogP contribution in [0.25, 0.3) is 0 Å². The Kier molecular flexibility index (Phi) is 8.15. The Bertz CT molecular complexity index is 787. The van der Waals surface area contributed by atoms with Crippen LogP contribution in [0.1, 0.15) is 50.8 Å². The molecule has 28 heavy (non-hydrogen) atoms. The van der Waals surface area contributed by atoms with Crippen molar-refractivity contribution in [1.82, 2.24) is 20.4 Å². The van der Waals surface area contributed by atoms with Crippen molar-refractivity contribution in [3.05, 3.63) is 47.8 Å². The lowest BCUT2D eigenvalue weighted by Gasteiger charge is -2.38. The molecule has 154 valence electrons. The molecule has 6 nitrogen and oxygen atoms in total. The molecule has 0 spiro atoms. The third kappa shape index (κ3) is 6.12. The Morgan fingerprint density at radius 3 is 2.86 bits per heavy atom. The monoisotopic (exact) mass is 497 g/mol. The van der Waals surface area contributed by atoms with E-state index >= 15 is 0 Å². The lowest BCUT2D eigenvalue weighted by Crippen LogP contribution is -2.45. The highest BCUT2D eigenvalue weighted by Gasteiger charge is 2.33. The predicted molar refractivity (Wildman–Crippen MR) is 125 cm³/mol. The molecule has 2 N–H and O–H groups in total. The van der Waals surface area contributed by atoms with E-state index in [-0.39, 0.29) is 35.6 Å². The van der Waals surface area contributed by atoms with Crippen LogP contribution in [0.15, 0.2) is 41.7 Å². The van der Waals surface area contributed by atoms with E-state index in [9.17, 15) is 0 Å². The number of hydrogen-bond acceptors (Lipinski definition) is 3. The van der Waals surface area contributed by atoms with Gasteiger partial charge in [0.1, 0.15) is 11.4 Å². The fourth-order valence-electron chi connectivity index (χ4n) is 3.43. The minimum atomic E-state index is -0.207. The summed E-state index contributed by atoms with van der Waals surface area (Å²) in [5.41, 5.74) is 2.17. The smallest absolute Gasteiger partial charge is 0.191 e. The highest BCUT2D eigenvalue weighted by molar-refractivity contribution is 14.0. The first-order chi connectivity index (χ1) is 13.0. The van der Waals surface area contributed by atoms with Crippen molar-refractivity contribution in [3.8, 4) is 5.75 Å². The van der Waals surface area contributed by atoms with Crippen LogP contribution in [-0.4, -0.2) is 34.4 Å². The van der Waals surface area contributed by atoms with Gasteiger partial charge in [0.15, 0.2) is 5.96 Å². The summed E-state index contributed by atoms with van der Waals surface area (Å²) in [5.74, 6) is 1.81. The molecule has 7 heteroatoms. The number of fused-ring (bicyclic) bond motifs is 1. The normalized spacial score (nSPS) is 17.9. The number of aliphatic imine (C=N–C) groups is 1. The molecule has 1 atom stereocenters. The minimum Gasteiger partial charge on any atom is -0.487 e. The molecule has 0 saturated heterocycles. The molecule has 2 aromatic rings. The molecule has 1 unspecified atom stereocenters. The predicted octanol–water partition coefficient (Wildman–Crippen LogP) is 4.06. The van der Waals surface area contributed by atoms with E-state index < -0.39 is 0 Å². The Morgan fingerprint density at radius 2 is 2.14 bits per heavy atom. The second-order valence-electron chi connectivity index (χ2n) is 7.70. The van der Waals surface area contributed by atoms with Gasteiger partial charge in [-0.2, -0.15) is 5.10 Å². The zero-order valence-electron chi connectivity index (χ0n) is 17.2. The van der Waals surface area contributed by atoms with E-state index in [1.165, 1.54) is 11.1 Å². The quantitative estimate of drug-likeness (QED) is 0.274. The second-order valence-corrected chi connectivity index (χ2v) is 7.70. The van der Waals surface area contributed by atoms with Gasteiger partial charge < -0.3 is 15.4 Å². The van der Waals surface area contributed by atoms with E-state index in [4.69, 9.17) is 9.73 Å². The van der Waals surface area contributed by atoms with E-state index in [1.54, 1.807) is 0 Å². The van der Waals surface area contributed by atoms with Gasteiger partial charge in [-0.1, -0.05) is 18.2 Å². The van der Waals surface area contributed by atoms with Crippen molar-refractivity contribution in [2.24, 2.45) is 4.99 Å². The van der Waals surface area contributed by atoms with Crippen LogP contribution in [0, 0.1) is 6.92 Å². The SMILES string of the molecule is CCNC(=NCCCn1cc(C)cn1)NC1CC(C)(C)Oc2ccccc21.I. The standard InChI is InChI=1S/C21H31N5O.HI/c1-5-22-20(23-11-8-12-26-15-16(2)14-24-26)25-18-13-21(3,4)27-19-10-7-6-9-17(18)19;/h6-7,9-10,14-15,18H,5,8,11-13H2,1-4H3,(H2,22,23,25);1H. The molecule has 0 radical (unpaired) electrons. The van der Waals surface area contributed by atoms with Crippen molar-refractivity contribution in [2.45, 2.75) is 58.7 Å². The number of ether oxygens (including phenoxy) is 1. The number of aromatic nitrogens is 2. The van der Waals surface area contributed by atoms with E-state index in [0.29, 0.717) is 0 Å². The Hall–Kier alpha value is -1.77. The molecule has 0 aliphatic carbocycles. The summed E-state index contributed by atoms with van der Waals surface area (Å²) in [6.07, 6.45) is 5.79. The third-order valence-corrected chi connectivity index (χ3v) is 4.61. The summed E-state index contributed by atoms with van der Waals surface area (Å²) in [7, 11) is 0. The highest BCUT2D eigenvalue weighted by atomic mass is 127. The molecule has 3 rings (SSSR count). The summed E-state index contributed by atoms with van der Waals surface area (Å²) in [6.45, 7) is 10.9. The summed E-state index contributed by atoms with van der Waals surface area (Å²) in [4.78, 5) is 4.76. The van der Waals surface area contributed by atoms with Gasteiger partial charge in [-0.15, -0.1) is 24.0 Å². The summed E-state index contributed by atoms with van der Waals surface area (Å²) >= 11 is 0. The minimum absolute atomic E-state index is 0. The number of nitrogens with one attached hydrogen (secondary N) is 2. The maximum atomic E-state index is 6.13. The fourth-order valence-corrected chi connectivity index (χ4v) is 3.43. The van der Waals surface area contributed by atoms with Crippen LogP contribution in [-0.2, 0) is 6.54 Å². The van der Waals surface area contributed by atoms with Crippen molar-refractivity contribution < 1.29 is 4.74 Å². The first-order valence-corrected chi connectivity index (χ1v) is 9.79. The molecule has 1 aromatic heterocycles. The fraction of sp³-hybridized carbons (Fsp3) is 0.524. The van der Waals surface area contributed by atoms with Crippen molar-refractivity contribution in [2.75, 3.05) is 13.1 Å². The van der Waals surface area contributed by atoms with Crippen molar-refractivity contribution >= 4 is 29.9 Å². The maximum Gasteiger partial charge on any atom is 0.191 e. The first-order valence-electron chi connectivity index (χ1n) is 9.79. The molecule has 1 aliphatic heterocycles. The number of guanidine groups is 1. The molecule has 0 saturated carbocycles. The van der Waals surface area contributed by atoms with E-state index in [0.717, 1.165) is 44.2 Å². The maximum absolute atomic E-state index is 6.13. The van der Waals surface area contributed by atoms with Gasteiger partial charge in [0.05, 0.1) is 12.2 Å². The summed E-state index contributed by atoms with van der Waals surface area (Å²) in [5, 5.41) is 11.3. The van der Waals surface area contributed by atoms with Crippen LogP contribution in [0.5, 0.6) is 5.75 Å². The Morgan fingerprint density at radius 1 is 1.36 bits per heavy atom. The van der Waals surface area contributed by atoms with Gasteiger partial charge in [0, 0.05) is 37.8 Å². The number of benzene rings is 1. The molecular weight excluding hydrogens is 465 g/mol. The largest absolute Gasteiger partial charge is 0.487 e. The Labute approximate surface area is 185 Å². The number of aryl methyl sites for hydroxylation is 2. The number of rotatable bonds is 6. The van der Waals surface area contributed by atoms with Crippen LogP contribution in [0.3, 0.4) is 0 Å². The Balaban J connectivity index is 0.00000280. The lowest BCUT2D eigenvalue weighted by atomic mass is 9.90. The summed E-state index contributed by atoms with van der Waals surface area (Å²) in [6, 6.07) is 8.43. The van der Waals surface area contributed by atoms with Crippen LogP contribution in [0.2, 0.25) is 0 Å². The van der Waals surface area contributed by atoms with Crippen LogP contribution in [0.4, 0.5) is 0 Å². The third-order valence-electron chi connectivity index (χ3n) is 4.61. The molecule has 2 heterocycles. The molecule has 1 aromatic carbocycles. The molecular formula is C21H32IN5O. The first kappa shape index (κ1) is 22.5. The van der Waals surface area contributed by atoms with Gasteiger partial charge >= 0.3 is 0 Å². The molecule has 1 aliphatic rings. The van der Waals surface area contributed by atoms with Gasteiger partial charge in [0.2, 0.25) is 0 Å². The zero-order chi connectivity index (χ0) is 19.3. The zero-order valence-corrected chi connectivity index (χ0v) is 19.6. The van der Waals surface area contributed by atoms with E-state index in [1.807, 2.05) is 23.0 Å². The van der Waals surface area contributed by atoms with Gasteiger partial charge in [-0.3, -0.25) is 9.67 Å². The number of nitrogens with zero attached hydrogens (tertiary/aromatic N) is 3. The number of halogens is 1. The highest BCUT2D eigenvalue weighted by Crippen LogP contribution is 2.39. The summed E-state index contributed by atoms with van der Waals surface area (Å²) < 4.78 is 8.11. The lowest BCUT2D eigenvalue weighted by molar-refractivity contribution is 0.0694. The van der Waals surface area contributed by atoms with E-state index in [2.05, 4.69) is 61.8 Å². The number of hydrogen-bond donors (Lipinski definition) is 2. The average Bonchev–Trinajstić information content (AvgIpc) is 3.03. The van der Waals surface area contributed by atoms with Crippen molar-refractivity contribution in [3.63, 3.8) is 0 Å². The van der Waals surface area contributed by atoms with Crippen LogP contribution >= 0.6 is 24.0 Å². The molecule has 0 bridgehead atoms. The van der Waals surface area contributed by atoms with Crippen LogP contribution < -0.4 is 15.4 Å². The topological polar surface area (TPSA) is 63.5 Å². The van der Waals surface area contributed by atoms with Gasteiger partial charge in [-0.05, 0) is 45.7 Å².